The van der Waals surface area contributed by atoms with Gasteiger partial charge in [-0.05, 0) is 60.9 Å². The van der Waals surface area contributed by atoms with Crippen LogP contribution in [0.5, 0.6) is 0 Å². The maximum absolute atomic E-state index is 13.9. The number of Topliss-reactive ketones (excluding diaryl/α,β-unsaturated/α-hetero) is 1. The number of anilines is 1. The van der Waals surface area contributed by atoms with Gasteiger partial charge in [0.15, 0.2) is 5.78 Å². The van der Waals surface area contributed by atoms with Crippen LogP contribution in [0.25, 0.3) is 0 Å². The normalized spacial score (nSPS) is 24.4. The molecule has 3 aromatic rings. The minimum absolute atomic E-state index is 0.273. The molecule has 35 heavy (non-hydrogen) atoms. The van der Waals surface area contributed by atoms with E-state index >= 15 is 0 Å². The lowest BCUT2D eigenvalue weighted by atomic mass is 9.83. The van der Waals surface area contributed by atoms with Crippen molar-refractivity contribution in [3.8, 4) is 0 Å². The molecule has 0 aromatic heterocycles. The molecule has 3 heterocycles. The number of ketones is 1. The molecule has 0 unspecified atom stereocenters. The number of hydrogen-bond donors (Lipinski definition) is 0. The van der Waals surface area contributed by atoms with E-state index in [1.807, 2.05) is 50.2 Å². The summed E-state index contributed by atoms with van der Waals surface area (Å²) in [5, 5.41) is 6.16. The van der Waals surface area contributed by atoms with E-state index in [9.17, 15) is 18.8 Å². The monoisotopic (exact) mass is 467 g/mol. The fourth-order valence-corrected chi connectivity index (χ4v) is 5.75. The van der Waals surface area contributed by atoms with Crippen molar-refractivity contribution in [3.05, 3.63) is 100 Å². The van der Waals surface area contributed by atoms with Gasteiger partial charge in [0.1, 0.15) is 11.9 Å². The molecule has 0 aliphatic carbocycles. The molecule has 0 spiro atoms. The Morgan fingerprint density at radius 3 is 2.37 bits per heavy atom. The summed E-state index contributed by atoms with van der Waals surface area (Å²) in [7, 11) is 0. The summed E-state index contributed by atoms with van der Waals surface area (Å²) in [6.45, 7) is 3.82. The van der Waals surface area contributed by atoms with Crippen LogP contribution in [0, 0.1) is 31.5 Å². The van der Waals surface area contributed by atoms with Crippen molar-refractivity contribution in [3.63, 3.8) is 0 Å². The topological polar surface area (TPSA) is 70.1 Å². The number of rotatable bonds is 3. The van der Waals surface area contributed by atoms with E-state index in [2.05, 4.69) is 5.10 Å². The molecule has 174 valence electrons. The molecule has 7 heteroatoms. The van der Waals surface area contributed by atoms with Crippen LogP contribution in [0.2, 0.25) is 0 Å². The predicted molar refractivity (Wildman–Crippen MR) is 129 cm³/mol. The molecule has 2 fully saturated rings. The lowest BCUT2D eigenvalue weighted by Gasteiger charge is -2.34. The van der Waals surface area contributed by atoms with Crippen LogP contribution in [0.3, 0.4) is 0 Å². The Kier molecular flexibility index (Phi) is 4.71. The zero-order valence-corrected chi connectivity index (χ0v) is 19.2. The van der Waals surface area contributed by atoms with Crippen molar-refractivity contribution in [2.45, 2.75) is 25.9 Å². The second-order valence-electron chi connectivity index (χ2n) is 9.37. The largest absolute Gasteiger partial charge is 0.292 e. The molecule has 0 saturated carbocycles. The van der Waals surface area contributed by atoms with Gasteiger partial charge >= 0.3 is 0 Å². The van der Waals surface area contributed by atoms with Crippen molar-refractivity contribution in [1.82, 2.24) is 5.01 Å². The first-order valence-electron chi connectivity index (χ1n) is 11.5. The fourth-order valence-electron chi connectivity index (χ4n) is 5.75. The van der Waals surface area contributed by atoms with Crippen LogP contribution in [0.15, 0.2) is 71.8 Å². The number of halogens is 1. The minimum atomic E-state index is -0.979. The molecule has 6 nitrogen and oxygen atoms in total. The SMILES string of the molecule is Cc1ccc(N2C(=O)[C@@H]3[C@H](C2=O)[C@H](C(=O)c2ccc(F)cc2)N2N=Cc4ccccc4[C@H]32)c(C)c1. The summed E-state index contributed by atoms with van der Waals surface area (Å²) < 4.78 is 13.5. The van der Waals surface area contributed by atoms with Crippen molar-refractivity contribution in [2.75, 3.05) is 4.90 Å². The molecule has 0 bridgehead atoms. The van der Waals surface area contributed by atoms with Gasteiger partial charge in [0.05, 0.1) is 29.8 Å². The minimum Gasteiger partial charge on any atom is -0.292 e. The van der Waals surface area contributed by atoms with Crippen LogP contribution < -0.4 is 4.90 Å². The average molecular weight is 468 g/mol. The maximum Gasteiger partial charge on any atom is 0.240 e. The molecular weight excluding hydrogens is 445 g/mol. The smallest absolute Gasteiger partial charge is 0.240 e. The van der Waals surface area contributed by atoms with Crippen LogP contribution in [-0.2, 0) is 9.59 Å². The van der Waals surface area contributed by atoms with Gasteiger partial charge in [-0.15, -0.1) is 0 Å². The van der Waals surface area contributed by atoms with Crippen molar-refractivity contribution in [2.24, 2.45) is 16.9 Å². The number of nitrogens with zero attached hydrogens (tertiary/aromatic N) is 3. The Hall–Kier alpha value is -4.13. The molecule has 6 rings (SSSR count). The first-order chi connectivity index (χ1) is 16.9. The average Bonchev–Trinajstić information content (AvgIpc) is 3.32. The van der Waals surface area contributed by atoms with Crippen molar-refractivity contribution in [1.29, 1.82) is 0 Å². The number of aryl methyl sites for hydroxylation is 2. The van der Waals surface area contributed by atoms with Crippen molar-refractivity contribution >= 4 is 29.5 Å². The molecule has 2 saturated heterocycles. The Bertz CT molecular complexity index is 1430. The quantitative estimate of drug-likeness (QED) is 0.428. The summed E-state index contributed by atoms with van der Waals surface area (Å²) in [4.78, 5) is 42.8. The Morgan fingerprint density at radius 2 is 1.63 bits per heavy atom. The highest BCUT2D eigenvalue weighted by Gasteiger charge is 2.65. The highest BCUT2D eigenvalue weighted by molar-refractivity contribution is 6.25. The molecule has 3 aliphatic heterocycles. The van der Waals surface area contributed by atoms with Gasteiger partial charge in [-0.3, -0.25) is 19.4 Å². The van der Waals surface area contributed by atoms with Crippen LogP contribution in [0.4, 0.5) is 10.1 Å². The summed E-state index contributed by atoms with van der Waals surface area (Å²) >= 11 is 0. The zero-order chi connectivity index (χ0) is 24.4. The van der Waals surface area contributed by atoms with E-state index in [0.29, 0.717) is 5.69 Å². The number of benzene rings is 3. The van der Waals surface area contributed by atoms with Crippen LogP contribution >= 0.6 is 0 Å². The van der Waals surface area contributed by atoms with Crippen LogP contribution in [-0.4, -0.2) is 34.9 Å². The summed E-state index contributed by atoms with van der Waals surface area (Å²) in [6, 6.07) is 16.9. The predicted octanol–water partition coefficient (Wildman–Crippen LogP) is 4.20. The number of carbonyl (C=O) groups is 3. The first kappa shape index (κ1) is 21.4. The molecular formula is C28H22FN3O3. The van der Waals surface area contributed by atoms with Gasteiger partial charge in [0.2, 0.25) is 11.8 Å². The number of carbonyl (C=O) groups excluding carboxylic acids is 3. The van der Waals surface area contributed by atoms with E-state index in [4.69, 9.17) is 0 Å². The highest BCUT2D eigenvalue weighted by Crippen LogP contribution is 2.53. The lowest BCUT2D eigenvalue weighted by Crippen LogP contribution is -2.44. The van der Waals surface area contributed by atoms with Gasteiger partial charge in [0.25, 0.3) is 0 Å². The summed E-state index contributed by atoms with van der Waals surface area (Å²) in [5.41, 5.74) is 4.36. The second-order valence-corrected chi connectivity index (χ2v) is 9.37. The van der Waals surface area contributed by atoms with Gasteiger partial charge in [-0.1, -0.05) is 42.0 Å². The number of hydrazone groups is 1. The molecule has 0 N–H and O–H groups in total. The molecule has 2 amide bonds. The van der Waals surface area contributed by atoms with Gasteiger partial charge in [-0.2, -0.15) is 5.10 Å². The van der Waals surface area contributed by atoms with Gasteiger partial charge in [-0.25, -0.2) is 9.29 Å². The van der Waals surface area contributed by atoms with E-state index in [-0.39, 0.29) is 17.3 Å². The summed E-state index contributed by atoms with van der Waals surface area (Å²) in [5.74, 6) is -3.23. The third-order valence-electron chi connectivity index (χ3n) is 7.28. The summed E-state index contributed by atoms with van der Waals surface area (Å²) in [6.07, 6.45) is 1.66. The zero-order valence-electron chi connectivity index (χ0n) is 19.2. The van der Waals surface area contributed by atoms with E-state index in [0.717, 1.165) is 22.3 Å². The number of hydrogen-bond acceptors (Lipinski definition) is 5. The maximum atomic E-state index is 13.9. The highest BCUT2D eigenvalue weighted by atomic mass is 19.1. The lowest BCUT2D eigenvalue weighted by molar-refractivity contribution is -0.124. The van der Waals surface area contributed by atoms with E-state index in [1.54, 1.807) is 17.3 Å². The Labute approximate surface area is 201 Å². The Morgan fingerprint density at radius 1 is 0.914 bits per heavy atom. The Balaban J connectivity index is 1.50. The number of fused-ring (bicyclic) bond motifs is 5. The third kappa shape index (κ3) is 3.07. The van der Waals surface area contributed by atoms with Gasteiger partial charge < -0.3 is 0 Å². The van der Waals surface area contributed by atoms with Gasteiger partial charge in [0, 0.05) is 5.56 Å². The number of amides is 2. The molecule has 4 atom stereocenters. The van der Waals surface area contributed by atoms with E-state index < -0.39 is 35.6 Å². The third-order valence-corrected chi connectivity index (χ3v) is 7.28. The second kappa shape index (κ2) is 7.70. The van der Waals surface area contributed by atoms with E-state index in [1.165, 1.54) is 29.2 Å². The molecule has 3 aromatic carbocycles. The molecule has 0 radical (unpaired) electrons. The number of imide groups is 1. The van der Waals surface area contributed by atoms with Crippen LogP contribution in [0.1, 0.15) is 38.7 Å². The van der Waals surface area contributed by atoms with Crippen molar-refractivity contribution < 1.29 is 18.8 Å². The molecule has 3 aliphatic rings. The standard InChI is InChI=1S/C28H22FN3O3/c1-15-7-12-21(16(2)13-15)31-27(34)22-23(28(31)35)25(26(33)17-8-10-19(29)11-9-17)32-24(22)20-6-4-3-5-18(20)14-30-32/h3-14,22-25H,1-2H3/t22-,23+,24-,25-/m1/s1. The fraction of sp³-hybridized carbons (Fsp3) is 0.214. The first-order valence-corrected chi connectivity index (χ1v) is 11.5.